The van der Waals surface area contributed by atoms with E-state index in [0.717, 1.165) is 14.6 Å². The van der Waals surface area contributed by atoms with E-state index in [2.05, 4.69) is 47.2 Å². The average Bonchev–Trinajstić information content (AvgIpc) is 2.85. The van der Waals surface area contributed by atoms with Crippen molar-refractivity contribution in [2.75, 3.05) is 30.2 Å². The van der Waals surface area contributed by atoms with Gasteiger partial charge in [-0.25, -0.2) is 4.79 Å². The van der Waals surface area contributed by atoms with Crippen molar-refractivity contribution in [3.05, 3.63) is 87.3 Å². The molecule has 0 atom stereocenters. The topological polar surface area (TPSA) is 93.7 Å². The number of methoxy groups -OCH3 is 1. The fourth-order valence-electron chi connectivity index (χ4n) is 2.41. The second-order valence-electron chi connectivity index (χ2n) is 6.55. The van der Waals surface area contributed by atoms with Gasteiger partial charge in [0, 0.05) is 20.3 Å². The summed E-state index contributed by atoms with van der Waals surface area (Å²) < 4.78 is 11.9. The SMILES string of the molecule is COC(=O)c1ccc(OCC(=O)Nc2ccc(Br)cc2)cc1.O=C(CCl)Nc1ccc(Br)cc1. The highest BCUT2D eigenvalue weighted by Gasteiger charge is 2.07. The third kappa shape index (κ3) is 9.94. The smallest absolute Gasteiger partial charge is 0.337 e. The number of anilines is 2. The number of esters is 1. The molecule has 0 saturated heterocycles. The van der Waals surface area contributed by atoms with Gasteiger partial charge >= 0.3 is 5.97 Å². The van der Waals surface area contributed by atoms with E-state index in [1.54, 1.807) is 48.5 Å². The van der Waals surface area contributed by atoms with Gasteiger partial charge < -0.3 is 20.1 Å². The zero-order chi connectivity index (χ0) is 24.9. The van der Waals surface area contributed by atoms with Gasteiger partial charge in [0.1, 0.15) is 11.6 Å². The molecule has 0 radical (unpaired) electrons. The number of carbonyl (C=O) groups excluding carboxylic acids is 3. The van der Waals surface area contributed by atoms with Gasteiger partial charge in [-0.15, -0.1) is 11.6 Å². The number of nitrogens with one attached hydrogen (secondary N) is 2. The Bertz CT molecular complexity index is 1090. The molecule has 34 heavy (non-hydrogen) atoms. The van der Waals surface area contributed by atoms with E-state index in [1.807, 2.05) is 24.3 Å². The van der Waals surface area contributed by atoms with Crippen molar-refractivity contribution in [2.45, 2.75) is 0 Å². The monoisotopic (exact) mass is 610 g/mol. The molecule has 0 unspecified atom stereocenters. The summed E-state index contributed by atoms with van der Waals surface area (Å²) in [5.74, 6) is -0.396. The van der Waals surface area contributed by atoms with Gasteiger partial charge in [-0.05, 0) is 72.8 Å². The van der Waals surface area contributed by atoms with Crippen LogP contribution in [0.3, 0.4) is 0 Å². The minimum atomic E-state index is -0.417. The van der Waals surface area contributed by atoms with E-state index in [-0.39, 0.29) is 24.3 Å². The number of ether oxygens (including phenoxy) is 2. The Morgan fingerprint density at radius 2 is 1.24 bits per heavy atom. The summed E-state index contributed by atoms with van der Waals surface area (Å²) in [4.78, 5) is 33.9. The van der Waals surface area contributed by atoms with Gasteiger partial charge in [0.2, 0.25) is 5.91 Å². The van der Waals surface area contributed by atoms with Crippen LogP contribution in [0.2, 0.25) is 0 Å². The van der Waals surface area contributed by atoms with Gasteiger partial charge in [0.05, 0.1) is 12.7 Å². The Morgan fingerprint density at radius 1 is 0.765 bits per heavy atom. The number of hydrogen-bond acceptors (Lipinski definition) is 5. The van der Waals surface area contributed by atoms with Crippen molar-refractivity contribution in [1.82, 2.24) is 0 Å². The predicted octanol–water partition coefficient (Wildman–Crippen LogP) is 5.88. The fraction of sp³-hybridized carbons (Fsp3) is 0.125. The van der Waals surface area contributed by atoms with Crippen LogP contribution in [0.5, 0.6) is 5.75 Å². The average molecular weight is 613 g/mol. The second-order valence-corrected chi connectivity index (χ2v) is 8.65. The van der Waals surface area contributed by atoms with E-state index >= 15 is 0 Å². The molecule has 0 aliphatic rings. The summed E-state index contributed by atoms with van der Waals surface area (Å²) in [6, 6.07) is 20.9. The molecule has 2 N–H and O–H groups in total. The summed E-state index contributed by atoms with van der Waals surface area (Å²) in [6.07, 6.45) is 0. The van der Waals surface area contributed by atoms with E-state index < -0.39 is 5.97 Å². The fourth-order valence-corrected chi connectivity index (χ4v) is 3.01. The van der Waals surface area contributed by atoms with Crippen LogP contribution in [0.25, 0.3) is 0 Å². The van der Waals surface area contributed by atoms with Gasteiger partial charge in [-0.1, -0.05) is 31.9 Å². The largest absolute Gasteiger partial charge is 0.484 e. The quantitative estimate of drug-likeness (QED) is 0.257. The van der Waals surface area contributed by atoms with Gasteiger partial charge in [-0.2, -0.15) is 0 Å². The maximum atomic E-state index is 11.8. The van der Waals surface area contributed by atoms with Crippen LogP contribution in [0.1, 0.15) is 10.4 Å². The first-order valence-electron chi connectivity index (χ1n) is 9.78. The number of benzene rings is 3. The van der Waals surface area contributed by atoms with Crippen molar-refractivity contribution in [1.29, 1.82) is 0 Å². The van der Waals surface area contributed by atoms with Crippen molar-refractivity contribution in [3.63, 3.8) is 0 Å². The third-order valence-electron chi connectivity index (χ3n) is 4.02. The van der Waals surface area contributed by atoms with Crippen molar-refractivity contribution in [3.8, 4) is 5.75 Å². The lowest BCUT2D eigenvalue weighted by Gasteiger charge is -2.08. The zero-order valence-electron chi connectivity index (χ0n) is 18.0. The molecular formula is C24H21Br2ClN2O5. The molecule has 10 heteroatoms. The molecule has 0 saturated carbocycles. The van der Waals surface area contributed by atoms with Crippen LogP contribution in [0.4, 0.5) is 11.4 Å². The molecule has 3 rings (SSSR count). The van der Waals surface area contributed by atoms with E-state index in [1.165, 1.54) is 7.11 Å². The van der Waals surface area contributed by atoms with E-state index in [9.17, 15) is 14.4 Å². The van der Waals surface area contributed by atoms with Crippen LogP contribution >= 0.6 is 43.5 Å². The number of halogens is 3. The Morgan fingerprint density at radius 3 is 1.68 bits per heavy atom. The molecule has 0 heterocycles. The molecule has 0 aliphatic heterocycles. The van der Waals surface area contributed by atoms with Gasteiger partial charge in [0.25, 0.3) is 5.91 Å². The first-order chi connectivity index (χ1) is 16.3. The number of hydrogen-bond donors (Lipinski definition) is 2. The lowest BCUT2D eigenvalue weighted by Crippen LogP contribution is -2.20. The molecule has 3 aromatic carbocycles. The van der Waals surface area contributed by atoms with Crippen LogP contribution < -0.4 is 15.4 Å². The summed E-state index contributed by atoms with van der Waals surface area (Å²) in [5.41, 5.74) is 1.87. The van der Waals surface area contributed by atoms with Crippen molar-refractivity contribution < 1.29 is 23.9 Å². The Balaban J connectivity index is 0.000000287. The highest BCUT2D eigenvalue weighted by molar-refractivity contribution is 9.10. The number of amides is 2. The highest BCUT2D eigenvalue weighted by atomic mass is 79.9. The van der Waals surface area contributed by atoms with Crippen molar-refractivity contribution in [2.24, 2.45) is 0 Å². The first-order valence-corrected chi connectivity index (χ1v) is 11.9. The zero-order valence-corrected chi connectivity index (χ0v) is 21.9. The summed E-state index contributed by atoms with van der Waals surface area (Å²) in [7, 11) is 1.32. The highest BCUT2D eigenvalue weighted by Crippen LogP contribution is 2.16. The van der Waals surface area contributed by atoms with Crippen molar-refractivity contribution >= 4 is 72.6 Å². The molecule has 0 spiro atoms. The number of alkyl halides is 1. The number of carbonyl (C=O) groups is 3. The molecular weight excluding hydrogens is 592 g/mol. The molecule has 0 aliphatic carbocycles. The van der Waals surface area contributed by atoms with Crippen LogP contribution in [0, 0.1) is 0 Å². The molecule has 0 fully saturated rings. The van der Waals surface area contributed by atoms with Crippen LogP contribution in [-0.4, -0.2) is 37.4 Å². The summed E-state index contributed by atoms with van der Waals surface area (Å²) >= 11 is 11.9. The van der Waals surface area contributed by atoms with Gasteiger partial charge in [-0.3, -0.25) is 9.59 Å². The molecule has 0 bridgehead atoms. The summed E-state index contributed by atoms with van der Waals surface area (Å²) in [5, 5.41) is 5.35. The lowest BCUT2D eigenvalue weighted by molar-refractivity contribution is -0.118. The second kappa shape index (κ2) is 14.4. The van der Waals surface area contributed by atoms with Crippen LogP contribution in [0.15, 0.2) is 81.7 Å². The third-order valence-corrected chi connectivity index (χ3v) is 5.32. The minimum absolute atomic E-state index is 0.0178. The minimum Gasteiger partial charge on any atom is -0.484 e. The normalized spacial score (nSPS) is 9.76. The Labute approximate surface area is 219 Å². The number of rotatable bonds is 7. The molecule has 178 valence electrons. The summed E-state index contributed by atoms with van der Waals surface area (Å²) in [6.45, 7) is -0.117. The predicted molar refractivity (Wildman–Crippen MR) is 140 cm³/mol. The van der Waals surface area contributed by atoms with Gasteiger partial charge in [0.15, 0.2) is 6.61 Å². The molecule has 2 amide bonds. The Hall–Kier alpha value is -2.88. The Kier molecular flexibility index (Phi) is 11.6. The first kappa shape index (κ1) is 27.4. The molecule has 3 aromatic rings. The maximum Gasteiger partial charge on any atom is 0.337 e. The lowest BCUT2D eigenvalue weighted by atomic mass is 10.2. The molecule has 0 aromatic heterocycles. The molecule has 7 nitrogen and oxygen atoms in total. The van der Waals surface area contributed by atoms with E-state index in [0.29, 0.717) is 17.0 Å². The standard InChI is InChI=1S/C16H14BrNO4.C8H7BrClNO/c1-21-16(20)11-2-8-14(9-3-11)22-10-15(19)18-13-6-4-12(17)5-7-13;9-6-1-3-7(4-2-6)11-8(12)5-10/h2-9H,10H2,1H3,(H,18,19);1-4H,5H2,(H,11,12). The van der Waals surface area contributed by atoms with E-state index in [4.69, 9.17) is 16.3 Å². The van der Waals surface area contributed by atoms with Crippen LogP contribution in [-0.2, 0) is 14.3 Å². The maximum absolute atomic E-state index is 11.8.